The zero-order valence-corrected chi connectivity index (χ0v) is 24.6. The maximum absolute atomic E-state index is 12.8. The molecule has 4 aromatic carbocycles. The topological polar surface area (TPSA) is 151 Å². The predicted molar refractivity (Wildman–Crippen MR) is 163 cm³/mol. The lowest BCUT2D eigenvalue weighted by Crippen LogP contribution is -2.35. The van der Waals surface area contributed by atoms with Crippen molar-refractivity contribution < 1.29 is 42.9 Å². The maximum atomic E-state index is 12.8. The number of benzene rings is 4. The van der Waals surface area contributed by atoms with E-state index in [1.54, 1.807) is 60.7 Å². The Bertz CT molecular complexity index is 1680. The highest BCUT2D eigenvalue weighted by Crippen LogP contribution is 2.38. The van der Waals surface area contributed by atoms with Gasteiger partial charge >= 0.3 is 11.9 Å². The monoisotopic (exact) mass is 611 g/mol. The van der Waals surface area contributed by atoms with E-state index < -0.39 is 30.3 Å². The lowest BCUT2D eigenvalue weighted by molar-refractivity contribution is -0.120. The molecule has 45 heavy (non-hydrogen) atoms. The van der Waals surface area contributed by atoms with E-state index in [0.717, 1.165) is 0 Å². The summed E-state index contributed by atoms with van der Waals surface area (Å²) in [4.78, 5) is 50.4. The minimum Gasteiger partial charge on any atom is -0.493 e. The number of rotatable bonds is 12. The number of esters is 2. The van der Waals surface area contributed by atoms with Crippen LogP contribution in [0.3, 0.4) is 0 Å². The molecule has 0 aliphatic heterocycles. The third-order valence-corrected chi connectivity index (χ3v) is 6.15. The molecule has 0 fully saturated rings. The minimum atomic E-state index is -0.657. The molecule has 230 valence electrons. The van der Waals surface area contributed by atoms with Crippen molar-refractivity contribution in [1.29, 1.82) is 0 Å². The van der Waals surface area contributed by atoms with E-state index in [2.05, 4.69) is 15.8 Å². The van der Waals surface area contributed by atoms with Crippen molar-refractivity contribution in [2.45, 2.75) is 0 Å². The van der Waals surface area contributed by atoms with Gasteiger partial charge in [0.25, 0.3) is 11.8 Å². The molecule has 4 aromatic rings. The van der Waals surface area contributed by atoms with Gasteiger partial charge in [-0.2, -0.15) is 5.10 Å². The highest BCUT2D eigenvalue weighted by atomic mass is 16.5. The van der Waals surface area contributed by atoms with Crippen LogP contribution in [0.2, 0.25) is 0 Å². The SMILES string of the molecule is COc1cc(C(=O)NCC(=O)NN=Cc2ccc(OC(=O)c3ccccc3)cc2OC(=O)c2ccccc2)cc(OC)c1OC. The van der Waals surface area contributed by atoms with Crippen molar-refractivity contribution in [3.8, 4) is 28.7 Å². The quantitative estimate of drug-likeness (QED) is 0.105. The molecule has 12 heteroatoms. The van der Waals surface area contributed by atoms with Gasteiger partial charge in [-0.25, -0.2) is 15.0 Å². The second-order valence-electron chi connectivity index (χ2n) is 9.10. The normalized spacial score (nSPS) is 10.5. The first-order chi connectivity index (χ1) is 21.8. The Morgan fingerprint density at radius 3 is 1.80 bits per heavy atom. The molecule has 2 N–H and O–H groups in total. The molecule has 4 rings (SSSR count). The van der Waals surface area contributed by atoms with Gasteiger partial charge in [-0.05, 0) is 48.5 Å². The number of carbonyl (C=O) groups excluding carboxylic acids is 4. The molecule has 12 nitrogen and oxygen atoms in total. The number of hydrogen-bond donors (Lipinski definition) is 2. The smallest absolute Gasteiger partial charge is 0.343 e. The fourth-order valence-electron chi connectivity index (χ4n) is 3.93. The van der Waals surface area contributed by atoms with Crippen molar-refractivity contribution in [2.75, 3.05) is 27.9 Å². The molecule has 0 unspecified atom stereocenters. The van der Waals surface area contributed by atoms with Gasteiger partial charge in [0.05, 0.1) is 45.2 Å². The summed E-state index contributed by atoms with van der Waals surface area (Å²) in [5.74, 6) is -1.44. The average molecular weight is 612 g/mol. The van der Waals surface area contributed by atoms with E-state index in [1.165, 1.54) is 57.9 Å². The number of methoxy groups -OCH3 is 3. The average Bonchev–Trinajstić information content (AvgIpc) is 3.08. The molecule has 0 saturated carbocycles. The van der Waals surface area contributed by atoms with Gasteiger partial charge in [-0.15, -0.1) is 0 Å². The van der Waals surface area contributed by atoms with Crippen molar-refractivity contribution in [3.63, 3.8) is 0 Å². The summed E-state index contributed by atoms with van der Waals surface area (Å²) in [6.07, 6.45) is 1.25. The standard InChI is InChI=1S/C33H29N3O9/c1-41-27-16-24(17-28(42-2)30(27)43-3)31(38)34-20-29(37)36-35-19-23-14-15-25(44-32(39)21-10-6-4-7-11-21)18-26(23)45-33(40)22-12-8-5-9-13-22/h4-19H,20H2,1-3H3,(H,34,38)(H,36,37). The fourth-order valence-corrected chi connectivity index (χ4v) is 3.93. The zero-order chi connectivity index (χ0) is 32.2. The molecular formula is C33H29N3O9. The van der Waals surface area contributed by atoms with Gasteiger partial charge < -0.3 is 29.0 Å². The van der Waals surface area contributed by atoms with E-state index in [4.69, 9.17) is 23.7 Å². The Kier molecular flexibility index (Phi) is 10.8. The number of hydrazone groups is 1. The van der Waals surface area contributed by atoms with Crippen LogP contribution in [0.25, 0.3) is 0 Å². The van der Waals surface area contributed by atoms with Crippen LogP contribution >= 0.6 is 0 Å². The highest BCUT2D eigenvalue weighted by molar-refractivity contribution is 5.98. The van der Waals surface area contributed by atoms with Crippen LogP contribution in [-0.2, 0) is 4.79 Å². The largest absolute Gasteiger partial charge is 0.493 e. The molecule has 0 radical (unpaired) electrons. The van der Waals surface area contributed by atoms with E-state index in [0.29, 0.717) is 22.4 Å². The van der Waals surface area contributed by atoms with Crippen LogP contribution in [0.15, 0.2) is 96.1 Å². The van der Waals surface area contributed by atoms with Gasteiger partial charge in [0, 0.05) is 17.2 Å². The summed E-state index contributed by atoms with van der Waals surface area (Å²) in [6, 6.07) is 24.0. The molecule has 0 heterocycles. The maximum Gasteiger partial charge on any atom is 0.343 e. The lowest BCUT2D eigenvalue weighted by Gasteiger charge is -2.14. The summed E-state index contributed by atoms with van der Waals surface area (Å²) in [7, 11) is 4.28. The van der Waals surface area contributed by atoms with Crippen LogP contribution < -0.4 is 34.4 Å². The number of nitrogens with zero attached hydrogens (tertiary/aromatic N) is 1. The Labute approximate surface area is 258 Å². The van der Waals surface area contributed by atoms with Crippen molar-refractivity contribution in [1.82, 2.24) is 10.7 Å². The molecule has 0 aromatic heterocycles. The first kappa shape index (κ1) is 31.8. The van der Waals surface area contributed by atoms with Crippen molar-refractivity contribution >= 4 is 30.0 Å². The number of ether oxygens (including phenoxy) is 5. The highest BCUT2D eigenvalue weighted by Gasteiger charge is 2.18. The molecule has 0 aliphatic rings. The predicted octanol–water partition coefficient (Wildman–Crippen LogP) is 4.03. The van der Waals surface area contributed by atoms with Gasteiger partial charge in [-0.3, -0.25) is 9.59 Å². The Balaban J connectivity index is 1.44. The van der Waals surface area contributed by atoms with E-state index in [-0.39, 0.29) is 28.6 Å². The molecule has 2 amide bonds. The second-order valence-corrected chi connectivity index (χ2v) is 9.10. The lowest BCUT2D eigenvalue weighted by atomic mass is 10.1. The number of nitrogens with one attached hydrogen (secondary N) is 2. The van der Waals surface area contributed by atoms with Crippen LogP contribution in [-0.4, -0.2) is 57.8 Å². The minimum absolute atomic E-state index is 0.0240. The van der Waals surface area contributed by atoms with Crippen molar-refractivity contribution in [3.05, 3.63) is 113 Å². The van der Waals surface area contributed by atoms with E-state index in [1.807, 2.05) is 0 Å². The van der Waals surface area contributed by atoms with Crippen molar-refractivity contribution in [2.24, 2.45) is 5.10 Å². The zero-order valence-electron chi connectivity index (χ0n) is 24.6. The van der Waals surface area contributed by atoms with Crippen LogP contribution in [0, 0.1) is 0 Å². The first-order valence-electron chi connectivity index (χ1n) is 13.4. The molecule has 0 spiro atoms. The third kappa shape index (κ3) is 8.45. The number of carbonyl (C=O) groups is 4. The van der Waals surface area contributed by atoms with E-state index in [9.17, 15) is 19.2 Å². The first-order valence-corrected chi connectivity index (χ1v) is 13.4. The summed E-state index contributed by atoms with van der Waals surface area (Å²) < 4.78 is 26.8. The summed E-state index contributed by atoms with van der Waals surface area (Å²) in [6.45, 7) is -0.406. The second kappa shape index (κ2) is 15.3. The third-order valence-electron chi connectivity index (χ3n) is 6.15. The molecule has 0 bridgehead atoms. The van der Waals surface area contributed by atoms with Gasteiger partial charge in [0.1, 0.15) is 11.5 Å². The van der Waals surface area contributed by atoms with Gasteiger partial charge in [0.2, 0.25) is 5.75 Å². The van der Waals surface area contributed by atoms with Crippen LogP contribution in [0.4, 0.5) is 0 Å². The fraction of sp³-hybridized carbons (Fsp3) is 0.121. The van der Waals surface area contributed by atoms with Gasteiger partial charge in [0.15, 0.2) is 11.5 Å². The van der Waals surface area contributed by atoms with E-state index >= 15 is 0 Å². The summed E-state index contributed by atoms with van der Waals surface area (Å²) in [5, 5.41) is 6.40. The molecule has 0 atom stereocenters. The summed E-state index contributed by atoms with van der Waals surface area (Å²) >= 11 is 0. The Morgan fingerprint density at radius 1 is 0.667 bits per heavy atom. The Hall–Kier alpha value is -6.17. The number of amides is 2. The molecule has 0 saturated heterocycles. The van der Waals surface area contributed by atoms with Crippen LogP contribution in [0.5, 0.6) is 28.7 Å². The van der Waals surface area contributed by atoms with Crippen LogP contribution in [0.1, 0.15) is 36.6 Å². The Morgan fingerprint density at radius 2 is 1.24 bits per heavy atom. The molecular weight excluding hydrogens is 582 g/mol. The number of hydrogen-bond acceptors (Lipinski definition) is 10. The molecule has 0 aliphatic carbocycles. The summed E-state index contributed by atoms with van der Waals surface area (Å²) in [5.41, 5.74) is 3.41. The van der Waals surface area contributed by atoms with Gasteiger partial charge in [-0.1, -0.05) is 36.4 Å².